The lowest BCUT2D eigenvalue weighted by atomic mass is 9.88. The average molecular weight is 463 g/mol. The van der Waals surface area contributed by atoms with Crippen molar-refractivity contribution in [3.63, 3.8) is 0 Å². The Balaban J connectivity index is 1.70. The molecule has 1 aliphatic heterocycles. The lowest BCUT2D eigenvalue weighted by molar-refractivity contribution is -0.137. The summed E-state index contributed by atoms with van der Waals surface area (Å²) in [5.74, 6) is -0.150. The third-order valence-electron chi connectivity index (χ3n) is 5.33. The number of amides is 1. The highest BCUT2D eigenvalue weighted by Gasteiger charge is 2.34. The predicted molar refractivity (Wildman–Crippen MR) is 117 cm³/mol. The topological polar surface area (TPSA) is 55.8 Å². The second kappa shape index (κ2) is 9.85. The van der Waals surface area contributed by atoms with Gasteiger partial charge in [0.05, 0.1) is 12.1 Å². The van der Waals surface area contributed by atoms with Crippen LogP contribution < -0.4 is 4.74 Å². The summed E-state index contributed by atoms with van der Waals surface area (Å²) in [4.78, 5) is 26.5. The lowest BCUT2D eigenvalue weighted by Gasteiger charge is -2.33. The van der Waals surface area contributed by atoms with E-state index >= 15 is 0 Å². The Bertz CT molecular complexity index is 952. The Kier molecular flexibility index (Phi) is 7.34. The normalized spacial score (nSPS) is 18.1. The second-order valence-electron chi connectivity index (χ2n) is 9.13. The Morgan fingerprint density at radius 2 is 1.70 bits per heavy atom. The molecule has 0 radical (unpaired) electrons. The first-order chi connectivity index (χ1) is 15.4. The highest BCUT2D eigenvalue weighted by Crippen LogP contribution is 2.34. The summed E-state index contributed by atoms with van der Waals surface area (Å²) < 4.78 is 50.0. The Morgan fingerprint density at radius 3 is 2.24 bits per heavy atom. The number of hydrogen-bond acceptors (Lipinski definition) is 4. The molecular formula is C25H28F3NO4. The van der Waals surface area contributed by atoms with Crippen molar-refractivity contribution >= 4 is 11.9 Å². The van der Waals surface area contributed by atoms with Crippen LogP contribution in [0.2, 0.25) is 0 Å². The van der Waals surface area contributed by atoms with E-state index in [1.807, 2.05) is 30.3 Å². The van der Waals surface area contributed by atoms with Crippen molar-refractivity contribution in [3.8, 4) is 5.75 Å². The van der Waals surface area contributed by atoms with Crippen molar-refractivity contribution < 1.29 is 32.2 Å². The molecule has 0 bridgehead atoms. The molecule has 2 atom stereocenters. The van der Waals surface area contributed by atoms with Crippen LogP contribution in [0.3, 0.4) is 0 Å². The van der Waals surface area contributed by atoms with Crippen molar-refractivity contribution in [1.29, 1.82) is 0 Å². The summed E-state index contributed by atoms with van der Waals surface area (Å²) in [6.07, 6.45) is -4.66. The zero-order valence-corrected chi connectivity index (χ0v) is 18.9. The minimum absolute atomic E-state index is 0.0403. The third kappa shape index (κ3) is 6.97. The highest BCUT2D eigenvalue weighted by atomic mass is 19.4. The monoisotopic (exact) mass is 463 g/mol. The van der Waals surface area contributed by atoms with Crippen molar-refractivity contribution in [1.82, 2.24) is 4.90 Å². The standard InChI is InChI=1S/C25H28F3NO4/c1-24(2,3)33-23(31)29-14-13-18(21(30)16-29)15-22(17-7-5-4-6-8-17)32-20-11-9-19(10-12-20)25(26,27)28/h4-12,18,22H,13-16H2,1-3H3/t18-,22+/m1/s1. The van der Waals surface area contributed by atoms with Crippen LogP contribution >= 0.6 is 0 Å². The molecule has 2 aromatic rings. The molecule has 5 nitrogen and oxygen atoms in total. The minimum Gasteiger partial charge on any atom is -0.486 e. The first kappa shape index (κ1) is 24.6. The molecule has 0 N–H and O–H groups in total. The van der Waals surface area contributed by atoms with Crippen LogP contribution in [0.25, 0.3) is 0 Å². The van der Waals surface area contributed by atoms with E-state index in [4.69, 9.17) is 9.47 Å². The van der Waals surface area contributed by atoms with Gasteiger partial charge in [-0.1, -0.05) is 30.3 Å². The quantitative estimate of drug-likeness (QED) is 0.542. The summed E-state index contributed by atoms with van der Waals surface area (Å²) in [5, 5.41) is 0. The summed E-state index contributed by atoms with van der Waals surface area (Å²) in [6.45, 7) is 5.64. The first-order valence-corrected chi connectivity index (χ1v) is 10.8. The molecule has 1 aliphatic rings. The molecule has 2 aromatic carbocycles. The van der Waals surface area contributed by atoms with Crippen LogP contribution in [0.1, 0.15) is 50.8 Å². The molecule has 1 amide bonds. The number of rotatable bonds is 5. The van der Waals surface area contributed by atoms with Gasteiger partial charge in [0.2, 0.25) is 0 Å². The molecule has 0 aromatic heterocycles. The molecule has 0 aliphatic carbocycles. The Morgan fingerprint density at radius 1 is 1.06 bits per heavy atom. The lowest BCUT2D eigenvalue weighted by Crippen LogP contribution is -2.46. The van der Waals surface area contributed by atoms with Gasteiger partial charge in [0.1, 0.15) is 17.5 Å². The molecule has 3 rings (SSSR count). The van der Waals surface area contributed by atoms with Gasteiger partial charge < -0.3 is 14.4 Å². The number of carbonyl (C=O) groups excluding carboxylic acids is 2. The fourth-order valence-electron chi connectivity index (χ4n) is 3.67. The zero-order chi connectivity index (χ0) is 24.2. The van der Waals surface area contributed by atoms with E-state index in [9.17, 15) is 22.8 Å². The molecule has 33 heavy (non-hydrogen) atoms. The number of alkyl halides is 3. The number of nitrogens with zero attached hydrogens (tertiary/aromatic N) is 1. The zero-order valence-electron chi connectivity index (χ0n) is 18.9. The number of benzene rings is 2. The van der Waals surface area contributed by atoms with E-state index in [1.165, 1.54) is 17.0 Å². The summed E-state index contributed by atoms with van der Waals surface area (Å²) in [7, 11) is 0. The van der Waals surface area contributed by atoms with Crippen molar-refractivity contribution in [3.05, 3.63) is 65.7 Å². The Labute approximate surface area is 191 Å². The number of hydrogen-bond donors (Lipinski definition) is 0. The fourth-order valence-corrected chi connectivity index (χ4v) is 3.67. The smallest absolute Gasteiger partial charge is 0.416 e. The van der Waals surface area contributed by atoms with Gasteiger partial charge in [-0.15, -0.1) is 0 Å². The molecule has 0 saturated carbocycles. The maximum absolute atomic E-state index is 12.9. The van der Waals surface area contributed by atoms with Crippen molar-refractivity contribution in [2.75, 3.05) is 13.1 Å². The van der Waals surface area contributed by atoms with Gasteiger partial charge in [-0.3, -0.25) is 4.79 Å². The van der Waals surface area contributed by atoms with Gasteiger partial charge in [-0.2, -0.15) is 13.2 Å². The number of piperidine rings is 1. The van der Waals surface area contributed by atoms with Crippen LogP contribution in [0, 0.1) is 5.92 Å². The summed E-state index contributed by atoms with van der Waals surface area (Å²) >= 11 is 0. The number of Topliss-reactive ketones (excluding diaryl/α,β-unsaturated/α-hetero) is 1. The molecule has 0 spiro atoms. The fraction of sp³-hybridized carbons (Fsp3) is 0.440. The number of carbonyl (C=O) groups is 2. The first-order valence-electron chi connectivity index (χ1n) is 10.8. The molecule has 0 unspecified atom stereocenters. The SMILES string of the molecule is CC(C)(C)OC(=O)N1CC[C@H](C[C@H](Oc2ccc(C(F)(F)F)cc2)c2ccccc2)C(=O)C1. The molecule has 178 valence electrons. The molecule has 1 heterocycles. The van der Waals surface area contributed by atoms with Gasteiger partial charge in [0.25, 0.3) is 0 Å². The van der Waals surface area contributed by atoms with E-state index < -0.39 is 29.5 Å². The number of halogens is 3. The highest BCUT2D eigenvalue weighted by molar-refractivity contribution is 5.87. The van der Waals surface area contributed by atoms with E-state index in [2.05, 4.69) is 0 Å². The van der Waals surface area contributed by atoms with Gasteiger partial charge in [-0.25, -0.2) is 4.79 Å². The summed E-state index contributed by atoms with van der Waals surface area (Å²) in [5.41, 5.74) is -0.583. The maximum Gasteiger partial charge on any atom is 0.416 e. The van der Waals surface area contributed by atoms with Crippen LogP contribution in [-0.4, -0.2) is 35.5 Å². The van der Waals surface area contributed by atoms with Crippen molar-refractivity contribution in [2.45, 2.75) is 51.5 Å². The molecule has 8 heteroatoms. The minimum atomic E-state index is -4.42. The second-order valence-corrected chi connectivity index (χ2v) is 9.13. The summed E-state index contributed by atoms with van der Waals surface area (Å²) in [6, 6.07) is 13.8. The maximum atomic E-state index is 12.9. The van der Waals surface area contributed by atoms with Crippen LogP contribution in [0.4, 0.5) is 18.0 Å². The van der Waals surface area contributed by atoms with E-state index in [0.717, 1.165) is 17.7 Å². The van der Waals surface area contributed by atoms with E-state index in [0.29, 0.717) is 19.4 Å². The molecule has 1 saturated heterocycles. The van der Waals surface area contributed by atoms with Gasteiger partial charge >= 0.3 is 12.3 Å². The average Bonchev–Trinajstić information content (AvgIpc) is 2.73. The largest absolute Gasteiger partial charge is 0.486 e. The number of likely N-dealkylation sites (tertiary alicyclic amines) is 1. The van der Waals surface area contributed by atoms with E-state index in [-0.39, 0.29) is 24.0 Å². The Hall–Kier alpha value is -3.03. The third-order valence-corrected chi connectivity index (χ3v) is 5.33. The number of ether oxygens (including phenoxy) is 2. The van der Waals surface area contributed by atoms with Crippen molar-refractivity contribution in [2.24, 2.45) is 5.92 Å². The predicted octanol–water partition coefficient (Wildman–Crippen LogP) is 6.04. The van der Waals surface area contributed by atoms with Gasteiger partial charge in [0.15, 0.2) is 5.78 Å². The number of ketones is 1. The molecular weight excluding hydrogens is 435 g/mol. The van der Waals surface area contributed by atoms with Gasteiger partial charge in [-0.05, 0) is 63.4 Å². The van der Waals surface area contributed by atoms with Gasteiger partial charge in [0, 0.05) is 12.5 Å². The van der Waals surface area contributed by atoms with Crippen LogP contribution in [0.5, 0.6) is 5.75 Å². The van der Waals surface area contributed by atoms with E-state index in [1.54, 1.807) is 20.8 Å². The molecule has 1 fully saturated rings. The van der Waals surface area contributed by atoms with Crippen LogP contribution in [-0.2, 0) is 15.7 Å². The van der Waals surface area contributed by atoms with Crippen LogP contribution in [0.15, 0.2) is 54.6 Å².